The van der Waals surface area contributed by atoms with Crippen LogP contribution >= 0.6 is 0 Å². The Morgan fingerprint density at radius 3 is 2.76 bits per heavy atom. The highest BCUT2D eigenvalue weighted by molar-refractivity contribution is 7.87. The van der Waals surface area contributed by atoms with Crippen LogP contribution in [0.3, 0.4) is 0 Å². The molecule has 9 heteroatoms. The van der Waals surface area contributed by atoms with Crippen molar-refractivity contribution in [3.05, 3.63) is 23.8 Å². The lowest BCUT2D eigenvalue weighted by Crippen LogP contribution is -2.46. The Labute approximate surface area is 148 Å². The van der Waals surface area contributed by atoms with E-state index in [2.05, 4.69) is 33.8 Å². The number of likely N-dealkylation sites (tertiary alicyclic amines) is 1. The van der Waals surface area contributed by atoms with E-state index in [9.17, 15) is 8.42 Å². The second-order valence-corrected chi connectivity index (χ2v) is 9.08. The molecule has 2 heterocycles. The SMILES string of the molecule is CC(C)[C@@H]1CN(Cc2cccc3nonc23)C[C@H]1NS(=O)(=O)N(C)C. The number of nitrogens with zero attached hydrogens (tertiary/aromatic N) is 4. The normalized spacial score (nSPS) is 22.5. The second kappa shape index (κ2) is 6.99. The van der Waals surface area contributed by atoms with Crippen molar-refractivity contribution in [3.8, 4) is 0 Å². The minimum atomic E-state index is -3.45. The van der Waals surface area contributed by atoms with E-state index in [1.54, 1.807) is 0 Å². The quantitative estimate of drug-likeness (QED) is 0.821. The Morgan fingerprint density at radius 2 is 2.08 bits per heavy atom. The van der Waals surface area contributed by atoms with Crippen LogP contribution in [0.1, 0.15) is 19.4 Å². The molecule has 0 unspecified atom stereocenters. The average Bonchev–Trinajstić information content (AvgIpc) is 3.14. The third-order valence-corrected chi connectivity index (χ3v) is 6.40. The van der Waals surface area contributed by atoms with Gasteiger partial charge in [-0.05, 0) is 33.8 Å². The van der Waals surface area contributed by atoms with Crippen molar-refractivity contribution in [1.29, 1.82) is 0 Å². The summed E-state index contributed by atoms with van der Waals surface area (Å²) in [6, 6.07) is 5.70. The molecule has 1 N–H and O–H groups in total. The number of hydrogen-bond donors (Lipinski definition) is 1. The van der Waals surface area contributed by atoms with Crippen molar-refractivity contribution in [2.24, 2.45) is 11.8 Å². The molecular formula is C16H25N5O3S. The monoisotopic (exact) mass is 367 g/mol. The first-order valence-corrected chi connectivity index (χ1v) is 9.84. The Kier molecular flexibility index (Phi) is 5.10. The maximum atomic E-state index is 12.2. The second-order valence-electron chi connectivity index (χ2n) is 7.16. The number of hydrogen-bond acceptors (Lipinski definition) is 6. The molecule has 2 atom stereocenters. The van der Waals surface area contributed by atoms with Gasteiger partial charge < -0.3 is 0 Å². The van der Waals surface area contributed by atoms with Crippen molar-refractivity contribution >= 4 is 21.2 Å². The zero-order chi connectivity index (χ0) is 18.2. The van der Waals surface area contributed by atoms with Crippen LogP contribution < -0.4 is 4.72 Å². The molecule has 0 spiro atoms. The van der Waals surface area contributed by atoms with Crippen molar-refractivity contribution in [2.45, 2.75) is 26.4 Å². The zero-order valence-electron chi connectivity index (χ0n) is 15.0. The molecule has 1 aliphatic heterocycles. The number of aromatic nitrogens is 2. The maximum Gasteiger partial charge on any atom is 0.279 e. The van der Waals surface area contributed by atoms with Crippen LogP contribution in [0, 0.1) is 11.8 Å². The summed E-state index contributed by atoms with van der Waals surface area (Å²) >= 11 is 0. The van der Waals surface area contributed by atoms with E-state index < -0.39 is 10.2 Å². The van der Waals surface area contributed by atoms with E-state index in [4.69, 9.17) is 4.63 Å². The summed E-state index contributed by atoms with van der Waals surface area (Å²) in [5, 5.41) is 7.86. The summed E-state index contributed by atoms with van der Waals surface area (Å²) in [5.74, 6) is 0.633. The fourth-order valence-electron chi connectivity index (χ4n) is 3.37. The molecular weight excluding hydrogens is 342 g/mol. The fraction of sp³-hybridized carbons (Fsp3) is 0.625. The average molecular weight is 367 g/mol. The smallest absolute Gasteiger partial charge is 0.279 e. The third-order valence-electron chi connectivity index (χ3n) is 4.84. The first kappa shape index (κ1) is 18.2. The summed E-state index contributed by atoms with van der Waals surface area (Å²) in [7, 11) is -0.372. The lowest BCUT2D eigenvalue weighted by Gasteiger charge is -2.24. The minimum absolute atomic E-state index is 0.109. The van der Waals surface area contributed by atoms with Gasteiger partial charge in [-0.15, -0.1) is 0 Å². The van der Waals surface area contributed by atoms with Crippen LogP contribution in [0.2, 0.25) is 0 Å². The lowest BCUT2D eigenvalue weighted by atomic mass is 9.92. The third kappa shape index (κ3) is 3.84. The van der Waals surface area contributed by atoms with E-state index in [-0.39, 0.29) is 12.0 Å². The van der Waals surface area contributed by atoms with Gasteiger partial charge in [0.2, 0.25) is 0 Å². The van der Waals surface area contributed by atoms with E-state index in [1.165, 1.54) is 18.4 Å². The van der Waals surface area contributed by atoms with Crippen LogP contribution in [0.5, 0.6) is 0 Å². The highest BCUT2D eigenvalue weighted by atomic mass is 32.2. The Hall–Kier alpha value is -1.55. The van der Waals surface area contributed by atoms with Crippen LogP contribution in [0.15, 0.2) is 22.8 Å². The molecule has 1 saturated heterocycles. The predicted molar refractivity (Wildman–Crippen MR) is 94.9 cm³/mol. The number of nitrogens with one attached hydrogen (secondary N) is 1. The number of fused-ring (bicyclic) bond motifs is 1. The van der Waals surface area contributed by atoms with Gasteiger partial charge in [0, 0.05) is 39.8 Å². The minimum Gasteiger partial charge on any atom is -0.297 e. The molecule has 0 saturated carbocycles. The number of rotatable bonds is 6. The van der Waals surface area contributed by atoms with E-state index in [0.717, 1.165) is 23.1 Å². The van der Waals surface area contributed by atoms with Crippen molar-refractivity contribution < 1.29 is 13.0 Å². The van der Waals surface area contributed by atoms with Gasteiger partial charge in [-0.1, -0.05) is 26.0 Å². The summed E-state index contributed by atoms with van der Waals surface area (Å²) in [4.78, 5) is 2.26. The first-order chi connectivity index (χ1) is 11.8. The summed E-state index contributed by atoms with van der Waals surface area (Å²) in [5.41, 5.74) is 2.54. The highest BCUT2D eigenvalue weighted by Gasteiger charge is 2.37. The Morgan fingerprint density at radius 1 is 1.32 bits per heavy atom. The van der Waals surface area contributed by atoms with Gasteiger partial charge in [0.25, 0.3) is 10.2 Å². The molecule has 1 aromatic heterocycles. The van der Waals surface area contributed by atoms with Gasteiger partial charge in [-0.2, -0.15) is 17.4 Å². The molecule has 25 heavy (non-hydrogen) atoms. The molecule has 3 rings (SSSR count). The zero-order valence-corrected chi connectivity index (χ0v) is 15.8. The van der Waals surface area contributed by atoms with Gasteiger partial charge in [0.15, 0.2) is 0 Å². The van der Waals surface area contributed by atoms with E-state index >= 15 is 0 Å². The van der Waals surface area contributed by atoms with Gasteiger partial charge in [-0.25, -0.2) is 4.63 Å². The Bertz CT molecular complexity index is 833. The fourth-order valence-corrected chi connectivity index (χ4v) is 4.21. The molecule has 0 bridgehead atoms. The van der Waals surface area contributed by atoms with Crippen LogP contribution in [-0.4, -0.2) is 61.2 Å². The Balaban J connectivity index is 1.77. The highest BCUT2D eigenvalue weighted by Crippen LogP contribution is 2.27. The van der Waals surface area contributed by atoms with Crippen LogP contribution in [0.25, 0.3) is 11.0 Å². The molecule has 138 valence electrons. The molecule has 8 nitrogen and oxygen atoms in total. The van der Waals surface area contributed by atoms with Gasteiger partial charge in [0.1, 0.15) is 11.0 Å². The van der Waals surface area contributed by atoms with Crippen molar-refractivity contribution in [2.75, 3.05) is 27.2 Å². The van der Waals surface area contributed by atoms with Crippen LogP contribution in [0.4, 0.5) is 0 Å². The molecule has 0 amide bonds. The lowest BCUT2D eigenvalue weighted by molar-refractivity contribution is 0.295. The van der Waals surface area contributed by atoms with E-state index in [0.29, 0.717) is 19.0 Å². The molecule has 0 aliphatic carbocycles. The van der Waals surface area contributed by atoms with Crippen LogP contribution in [-0.2, 0) is 16.8 Å². The predicted octanol–water partition coefficient (Wildman–Crippen LogP) is 1.08. The standard InChI is InChI=1S/C16H25N5O3S/c1-11(2)13-9-21(10-15(13)19-25(22,23)20(3)4)8-12-6-5-7-14-16(12)18-24-17-14/h5-7,11,13,15,19H,8-10H2,1-4H3/t13-,15+/m0/s1. The summed E-state index contributed by atoms with van der Waals surface area (Å²) < 4.78 is 33.3. The van der Waals surface area contributed by atoms with E-state index in [1.807, 2.05) is 18.2 Å². The number of benzene rings is 1. The van der Waals surface area contributed by atoms with Gasteiger partial charge in [-0.3, -0.25) is 4.90 Å². The summed E-state index contributed by atoms with van der Waals surface area (Å²) in [6.07, 6.45) is 0. The first-order valence-electron chi connectivity index (χ1n) is 8.40. The molecule has 2 aromatic rings. The molecule has 1 aliphatic rings. The molecule has 0 radical (unpaired) electrons. The maximum absolute atomic E-state index is 12.2. The summed E-state index contributed by atoms with van der Waals surface area (Å²) in [6.45, 7) is 6.45. The molecule has 1 fully saturated rings. The van der Waals surface area contributed by atoms with Crippen molar-refractivity contribution in [1.82, 2.24) is 24.2 Å². The topological polar surface area (TPSA) is 91.6 Å². The largest absolute Gasteiger partial charge is 0.297 e. The molecule has 1 aromatic carbocycles. The van der Waals surface area contributed by atoms with Crippen molar-refractivity contribution in [3.63, 3.8) is 0 Å². The van der Waals surface area contributed by atoms with Gasteiger partial charge in [0.05, 0.1) is 0 Å². The van der Waals surface area contributed by atoms with Gasteiger partial charge >= 0.3 is 0 Å².